The quantitative estimate of drug-likeness (QED) is 0.758. The first-order chi connectivity index (χ1) is 15.7. The van der Waals surface area contributed by atoms with Crippen LogP contribution < -0.4 is 10.1 Å². The molecule has 0 unspecified atom stereocenters. The molecule has 1 aromatic heterocycles. The van der Waals surface area contributed by atoms with E-state index in [1.165, 1.54) is 11.1 Å². The topological polar surface area (TPSA) is 72.9 Å². The Balaban J connectivity index is 1.33. The molecule has 32 heavy (non-hydrogen) atoms. The minimum absolute atomic E-state index is 0.0441. The molecule has 1 N–H and O–H groups in total. The fourth-order valence-electron chi connectivity index (χ4n) is 6.02. The van der Waals surface area contributed by atoms with Gasteiger partial charge in [0.1, 0.15) is 12.7 Å². The first kappa shape index (κ1) is 22.1. The summed E-state index contributed by atoms with van der Waals surface area (Å²) in [4.78, 5) is 19.8. The van der Waals surface area contributed by atoms with Crippen molar-refractivity contribution in [2.24, 2.45) is 0 Å². The number of aromatic nitrogens is 1. The number of piperidine rings is 1. The van der Waals surface area contributed by atoms with E-state index in [0.29, 0.717) is 31.8 Å². The van der Waals surface area contributed by atoms with Crippen LogP contribution >= 0.6 is 0 Å². The summed E-state index contributed by atoms with van der Waals surface area (Å²) in [7, 11) is 0. The SMILES string of the molecule is Cc1ccnc2c1C1CCC(CC1)OC[C@H]1[C@@H](NC(=O)[C@@H]3CCCO3)CCCN1CCO2. The first-order valence-electron chi connectivity index (χ1n) is 12.5. The standard InChI is InChI=1S/C25H37N3O4/c1-17-10-11-26-25-23(17)18-6-8-19(9-7-18)32-16-21-20(4-2-12-28(21)13-15-31-25)27-24(29)22-5-3-14-30-22/h10-11,18-22H,2-9,12-16H2,1H3,(H,27,29)/t18?,19?,20-,21-,22-/m0/s1. The van der Waals surface area contributed by atoms with Crippen molar-refractivity contribution in [3.05, 3.63) is 23.4 Å². The normalized spacial score (nSPS) is 33.7. The molecule has 2 saturated heterocycles. The van der Waals surface area contributed by atoms with Crippen molar-refractivity contribution in [2.45, 2.75) is 88.5 Å². The van der Waals surface area contributed by atoms with Crippen LogP contribution in [0.15, 0.2) is 12.3 Å². The summed E-state index contributed by atoms with van der Waals surface area (Å²) in [6, 6.07) is 2.36. The van der Waals surface area contributed by atoms with Gasteiger partial charge in [-0.25, -0.2) is 4.98 Å². The molecule has 176 valence electrons. The highest BCUT2D eigenvalue weighted by atomic mass is 16.5. The van der Waals surface area contributed by atoms with Gasteiger partial charge in [-0.05, 0) is 82.4 Å². The Morgan fingerprint density at radius 3 is 2.75 bits per heavy atom. The van der Waals surface area contributed by atoms with Crippen LogP contribution in [-0.4, -0.2) is 73.0 Å². The van der Waals surface area contributed by atoms with Gasteiger partial charge in [0.15, 0.2) is 0 Å². The van der Waals surface area contributed by atoms with E-state index in [1.807, 2.05) is 6.20 Å². The lowest BCUT2D eigenvalue weighted by Crippen LogP contribution is -2.59. The number of aryl methyl sites for hydroxylation is 1. The third-order valence-corrected chi connectivity index (χ3v) is 7.82. The van der Waals surface area contributed by atoms with Crippen LogP contribution in [0.25, 0.3) is 0 Å². The largest absolute Gasteiger partial charge is 0.476 e. The number of hydrogen-bond acceptors (Lipinski definition) is 6. The Bertz CT molecular complexity index is 789. The summed E-state index contributed by atoms with van der Waals surface area (Å²) >= 11 is 0. The minimum atomic E-state index is -0.287. The maximum absolute atomic E-state index is 12.8. The number of carbonyl (C=O) groups is 1. The molecule has 5 heterocycles. The second kappa shape index (κ2) is 10.1. The number of nitrogens with zero attached hydrogens (tertiary/aromatic N) is 2. The molecule has 1 saturated carbocycles. The molecule has 4 aliphatic heterocycles. The van der Waals surface area contributed by atoms with Crippen LogP contribution in [0.5, 0.6) is 5.88 Å². The van der Waals surface area contributed by atoms with Crippen molar-refractivity contribution in [2.75, 3.05) is 32.9 Å². The zero-order valence-corrected chi connectivity index (χ0v) is 19.3. The summed E-state index contributed by atoms with van der Waals surface area (Å²) in [5, 5.41) is 3.31. The van der Waals surface area contributed by atoms with Gasteiger partial charge < -0.3 is 19.5 Å². The van der Waals surface area contributed by atoms with E-state index >= 15 is 0 Å². The van der Waals surface area contributed by atoms with Crippen LogP contribution in [0.3, 0.4) is 0 Å². The summed E-state index contributed by atoms with van der Waals surface area (Å²) in [6.45, 7) is 5.94. The van der Waals surface area contributed by atoms with Crippen molar-refractivity contribution >= 4 is 5.91 Å². The molecule has 3 atom stereocenters. The van der Waals surface area contributed by atoms with Crippen molar-refractivity contribution in [1.29, 1.82) is 0 Å². The number of hydrogen-bond donors (Lipinski definition) is 1. The molecule has 0 spiro atoms. The van der Waals surface area contributed by atoms with Crippen molar-refractivity contribution in [1.82, 2.24) is 15.2 Å². The number of fused-ring (bicyclic) bond motifs is 5. The van der Waals surface area contributed by atoms with E-state index < -0.39 is 0 Å². The minimum Gasteiger partial charge on any atom is -0.476 e. The molecular weight excluding hydrogens is 406 g/mol. The number of amides is 1. The average Bonchev–Trinajstić information content (AvgIpc) is 3.34. The van der Waals surface area contributed by atoms with Gasteiger partial charge in [0.05, 0.1) is 18.8 Å². The third-order valence-electron chi connectivity index (χ3n) is 7.82. The van der Waals surface area contributed by atoms with Gasteiger partial charge in [-0.2, -0.15) is 0 Å². The predicted octanol–water partition coefficient (Wildman–Crippen LogP) is 2.95. The van der Waals surface area contributed by atoms with Crippen LogP contribution in [0, 0.1) is 6.92 Å². The van der Waals surface area contributed by atoms with Crippen molar-refractivity contribution < 1.29 is 19.0 Å². The molecule has 7 heteroatoms. The number of rotatable bonds is 2. The smallest absolute Gasteiger partial charge is 0.249 e. The van der Waals surface area contributed by atoms with Gasteiger partial charge in [0.25, 0.3) is 0 Å². The summed E-state index contributed by atoms with van der Waals surface area (Å²) in [6.07, 6.45) is 10.1. The van der Waals surface area contributed by atoms with Crippen LogP contribution in [0.4, 0.5) is 0 Å². The molecule has 0 radical (unpaired) electrons. The Hall–Kier alpha value is -1.70. The molecule has 7 nitrogen and oxygen atoms in total. The molecule has 1 amide bonds. The first-order valence-corrected chi connectivity index (χ1v) is 12.5. The number of pyridine rings is 1. The molecule has 3 fully saturated rings. The van der Waals surface area contributed by atoms with Crippen LogP contribution in [0.1, 0.15) is 68.4 Å². The van der Waals surface area contributed by atoms with E-state index in [2.05, 4.69) is 28.2 Å². The molecule has 1 aliphatic carbocycles. The van der Waals surface area contributed by atoms with E-state index in [9.17, 15) is 4.79 Å². The fraction of sp³-hybridized carbons (Fsp3) is 0.760. The highest BCUT2D eigenvalue weighted by Crippen LogP contribution is 2.39. The fourth-order valence-corrected chi connectivity index (χ4v) is 6.02. The van der Waals surface area contributed by atoms with Crippen molar-refractivity contribution in [3.63, 3.8) is 0 Å². The van der Waals surface area contributed by atoms with Gasteiger partial charge in [-0.15, -0.1) is 0 Å². The molecule has 0 aromatic carbocycles. The Morgan fingerprint density at radius 1 is 1.06 bits per heavy atom. The molecule has 6 rings (SSSR count). The number of carbonyl (C=O) groups excluding carboxylic acids is 1. The monoisotopic (exact) mass is 443 g/mol. The molecule has 5 aliphatic rings. The summed E-state index contributed by atoms with van der Waals surface area (Å²) < 4.78 is 18.4. The summed E-state index contributed by atoms with van der Waals surface area (Å²) in [5.74, 6) is 1.35. The zero-order chi connectivity index (χ0) is 21.9. The maximum atomic E-state index is 12.8. The lowest BCUT2D eigenvalue weighted by molar-refractivity contribution is -0.132. The van der Waals surface area contributed by atoms with E-state index in [4.69, 9.17) is 14.2 Å². The van der Waals surface area contributed by atoms with Gasteiger partial charge >= 0.3 is 0 Å². The predicted molar refractivity (Wildman–Crippen MR) is 121 cm³/mol. The highest BCUT2D eigenvalue weighted by Gasteiger charge is 2.36. The maximum Gasteiger partial charge on any atom is 0.249 e. The summed E-state index contributed by atoms with van der Waals surface area (Å²) in [5.41, 5.74) is 2.57. The third kappa shape index (κ3) is 4.80. The number of ether oxygens (including phenoxy) is 3. The van der Waals surface area contributed by atoms with Gasteiger partial charge in [-0.1, -0.05) is 0 Å². The second-order valence-electron chi connectivity index (χ2n) is 9.86. The van der Waals surface area contributed by atoms with E-state index in [1.54, 1.807) is 0 Å². The van der Waals surface area contributed by atoms with E-state index in [0.717, 1.165) is 70.3 Å². The van der Waals surface area contributed by atoms with Crippen molar-refractivity contribution in [3.8, 4) is 5.88 Å². The lowest BCUT2D eigenvalue weighted by atomic mass is 9.81. The lowest BCUT2D eigenvalue weighted by Gasteiger charge is -2.42. The van der Waals surface area contributed by atoms with Gasteiger partial charge in [0.2, 0.25) is 11.8 Å². The van der Waals surface area contributed by atoms with Crippen LogP contribution in [-0.2, 0) is 14.3 Å². The average molecular weight is 444 g/mol. The van der Waals surface area contributed by atoms with E-state index in [-0.39, 0.29) is 24.1 Å². The Labute approximate surface area is 191 Å². The molecule has 1 aromatic rings. The highest BCUT2D eigenvalue weighted by molar-refractivity contribution is 5.81. The van der Waals surface area contributed by atoms with Crippen LogP contribution in [0.2, 0.25) is 0 Å². The zero-order valence-electron chi connectivity index (χ0n) is 19.3. The van der Waals surface area contributed by atoms with Gasteiger partial charge in [0, 0.05) is 31.0 Å². The number of nitrogens with one attached hydrogen (secondary N) is 1. The second-order valence-corrected chi connectivity index (χ2v) is 9.86. The van der Waals surface area contributed by atoms with Gasteiger partial charge in [-0.3, -0.25) is 9.69 Å². The Morgan fingerprint density at radius 2 is 1.94 bits per heavy atom. The Kier molecular flexibility index (Phi) is 6.95. The molecular formula is C25H37N3O4. The molecule has 2 bridgehead atoms.